The number of aliphatic carboxylic acids is 1. The third-order valence-corrected chi connectivity index (χ3v) is 1.82. The molecule has 10 heteroatoms. The zero-order valence-electron chi connectivity index (χ0n) is 8.54. The van der Waals surface area contributed by atoms with Gasteiger partial charge in [0.2, 0.25) is 0 Å². The van der Waals surface area contributed by atoms with Crippen LogP contribution in [0.5, 0.6) is 0 Å². The van der Waals surface area contributed by atoms with E-state index in [2.05, 4.69) is 0 Å². The first kappa shape index (κ1) is 24.6. The Morgan fingerprint density at radius 3 is 1.79 bits per heavy atom. The molecule has 0 spiro atoms. The molecule has 0 aromatic rings. The molecule has 1 atom stereocenters. The van der Waals surface area contributed by atoms with Crippen LogP contribution in [0.15, 0.2) is 0 Å². The van der Waals surface area contributed by atoms with E-state index in [0.717, 1.165) is 0 Å². The molecule has 0 amide bonds. The van der Waals surface area contributed by atoms with E-state index in [1.165, 1.54) is 0 Å². The van der Waals surface area contributed by atoms with Crippen LogP contribution in [0.1, 0.15) is 6.42 Å². The van der Waals surface area contributed by atoms with Crippen molar-refractivity contribution in [1.82, 2.24) is 0 Å². The summed E-state index contributed by atoms with van der Waals surface area (Å²) in [6, 6.07) is 0. The molecule has 69 valence electrons. The van der Waals surface area contributed by atoms with E-state index < -0.39 is 32.3 Å². The molecule has 0 aliphatic carbocycles. The van der Waals surface area contributed by atoms with Gasteiger partial charge in [0, 0.05) is 56.6 Å². The van der Waals surface area contributed by atoms with Crippen molar-refractivity contribution in [1.29, 1.82) is 0 Å². The van der Waals surface area contributed by atoms with Gasteiger partial charge in [-0.1, -0.05) is 0 Å². The summed E-state index contributed by atoms with van der Waals surface area (Å²) < 4.78 is 10.1. The molecule has 0 aromatic heterocycles. The Bertz CT molecular complexity index is 194. The van der Waals surface area contributed by atoms with E-state index in [9.17, 15) is 9.36 Å². The van der Waals surface area contributed by atoms with Crippen LogP contribution in [0.3, 0.4) is 0 Å². The van der Waals surface area contributed by atoms with E-state index in [0.29, 0.717) is 0 Å². The van der Waals surface area contributed by atoms with Gasteiger partial charge in [0.15, 0.2) is 6.10 Å². The number of aliphatic hydroxyl groups is 1. The minimum Gasteiger partial charge on any atom is -0.479 e. The smallest absolute Gasteiger partial charge is 0.332 e. The van der Waals surface area contributed by atoms with Crippen molar-refractivity contribution < 1.29 is 29.4 Å². The zero-order chi connectivity index (χ0) is 9.07. The van der Waals surface area contributed by atoms with E-state index in [1.54, 1.807) is 0 Å². The molecule has 0 aliphatic rings. The molecule has 0 saturated carbocycles. The molecule has 0 aliphatic heterocycles. The monoisotopic (exact) mass is 205 g/mol. The molecule has 3 radical (unpaired) electrons. The molecule has 14 heavy (non-hydrogen) atoms. The van der Waals surface area contributed by atoms with Crippen molar-refractivity contribution in [3.05, 3.63) is 0 Å². The number of carboxylic acids is 1. The number of aliphatic hydroxyl groups excluding tert-OH is 1. The fourth-order valence-corrected chi connectivity index (χ4v) is 0.995. The second kappa shape index (κ2) is 10.9. The molecular weight excluding hydrogens is 196 g/mol. The molecule has 0 saturated heterocycles. The normalized spacial score (nSPS) is 11.4. The molecule has 0 aromatic carbocycles. The molecule has 6 nitrogen and oxygen atoms in total. The van der Waals surface area contributed by atoms with Crippen molar-refractivity contribution in [2.24, 2.45) is 0 Å². The van der Waals surface area contributed by atoms with E-state index in [4.69, 9.17) is 20.0 Å². The van der Waals surface area contributed by atoms with Gasteiger partial charge in [0.1, 0.15) is 0 Å². The van der Waals surface area contributed by atoms with E-state index >= 15 is 0 Å². The zero-order valence-corrected chi connectivity index (χ0v) is 9.44. The fraction of sp³-hybridized carbons (Fsp3) is 0.750. The van der Waals surface area contributed by atoms with Crippen molar-refractivity contribution in [3.8, 4) is 0 Å². The van der Waals surface area contributed by atoms with Crippen molar-refractivity contribution in [3.63, 3.8) is 0 Å². The molecule has 0 bridgehead atoms. The van der Waals surface area contributed by atoms with E-state index in [1.807, 2.05) is 0 Å². The third-order valence-electron chi connectivity index (χ3n) is 0.979. The summed E-state index contributed by atoms with van der Waals surface area (Å²) in [6.07, 6.45) is -2.73. The number of hydrogen-bond acceptors (Lipinski definition) is 3. The van der Waals surface area contributed by atoms with Crippen molar-refractivity contribution in [2.45, 2.75) is 12.5 Å². The Morgan fingerprint density at radius 2 is 1.57 bits per heavy atom. The van der Waals surface area contributed by atoms with Gasteiger partial charge >= 0.3 is 13.6 Å². The maximum atomic E-state index is 10.1. The maximum absolute atomic E-state index is 10.1. The first-order chi connectivity index (χ1) is 4.83. The van der Waals surface area contributed by atoms with Crippen LogP contribution in [0.2, 0.25) is 0 Å². The molecule has 4 N–H and O–H groups in total. The number of rotatable bonds is 4. The van der Waals surface area contributed by atoms with Gasteiger partial charge in [0.25, 0.3) is 0 Å². The largest absolute Gasteiger partial charge is 0.479 e. The van der Waals surface area contributed by atoms with Gasteiger partial charge in [-0.15, -0.1) is 0 Å². The summed E-state index contributed by atoms with van der Waals surface area (Å²) in [7, 11) is -4.18. The third kappa shape index (κ3) is 15.8. The minimum atomic E-state index is -4.18. The molecular formula is C4H9Li3O6P. The average Bonchev–Trinajstić information content (AvgIpc) is 1.80. The van der Waals surface area contributed by atoms with Crippen molar-refractivity contribution >= 4 is 70.1 Å². The molecule has 0 heterocycles. The fourth-order valence-electron chi connectivity index (χ4n) is 0.414. The Kier molecular flexibility index (Phi) is 19.1. The summed E-state index contributed by atoms with van der Waals surface area (Å²) in [5.74, 6) is -1.47. The Labute approximate surface area is 118 Å². The SMILES string of the molecule is O=C(O)C(O)CCP(=O)(O)O.[Li].[Li].[Li]. The first-order valence-electron chi connectivity index (χ1n) is 2.78. The van der Waals surface area contributed by atoms with Gasteiger partial charge in [-0.2, -0.15) is 0 Å². The van der Waals surface area contributed by atoms with Gasteiger partial charge in [-0.3, -0.25) is 4.57 Å². The predicted molar refractivity (Wildman–Crippen MR) is 52.4 cm³/mol. The second-order valence-electron chi connectivity index (χ2n) is 2.03. The summed E-state index contributed by atoms with van der Waals surface area (Å²) in [5.41, 5.74) is 0. The summed E-state index contributed by atoms with van der Waals surface area (Å²) in [4.78, 5) is 26.4. The molecule has 0 rings (SSSR count). The van der Waals surface area contributed by atoms with Crippen LogP contribution in [0.25, 0.3) is 0 Å². The van der Waals surface area contributed by atoms with E-state index in [-0.39, 0.29) is 56.6 Å². The number of carboxylic acid groups (broad SMARTS) is 1. The van der Waals surface area contributed by atoms with Crippen LogP contribution in [0, 0.1) is 0 Å². The summed E-state index contributed by atoms with van der Waals surface area (Å²) >= 11 is 0. The predicted octanol–water partition coefficient (Wildman–Crippen LogP) is -2.14. The maximum Gasteiger partial charge on any atom is 0.332 e. The van der Waals surface area contributed by atoms with Gasteiger partial charge < -0.3 is 20.0 Å². The number of carbonyl (C=O) groups is 1. The topological polar surface area (TPSA) is 115 Å². The Hall–Kier alpha value is 1.37. The quantitative estimate of drug-likeness (QED) is 0.307. The van der Waals surface area contributed by atoms with Crippen LogP contribution in [-0.4, -0.2) is 94.8 Å². The van der Waals surface area contributed by atoms with Crippen LogP contribution in [-0.2, 0) is 9.36 Å². The molecule has 1 unspecified atom stereocenters. The Balaban J connectivity index is -0.000000167. The second-order valence-corrected chi connectivity index (χ2v) is 3.81. The van der Waals surface area contributed by atoms with Crippen molar-refractivity contribution in [2.75, 3.05) is 6.16 Å². The van der Waals surface area contributed by atoms with Crippen LogP contribution in [0.4, 0.5) is 0 Å². The summed E-state index contributed by atoms with van der Waals surface area (Å²) in [6.45, 7) is 0. The Morgan fingerprint density at radius 1 is 1.21 bits per heavy atom. The average molecular weight is 205 g/mol. The van der Waals surface area contributed by atoms with Crippen LogP contribution >= 0.6 is 7.60 Å². The van der Waals surface area contributed by atoms with Gasteiger partial charge in [-0.25, -0.2) is 4.79 Å². The van der Waals surface area contributed by atoms with Gasteiger partial charge in [-0.05, 0) is 6.42 Å². The minimum absolute atomic E-state index is 0. The van der Waals surface area contributed by atoms with Crippen LogP contribution < -0.4 is 0 Å². The first-order valence-corrected chi connectivity index (χ1v) is 4.58. The molecule has 0 fully saturated rings. The summed E-state index contributed by atoms with van der Waals surface area (Å²) in [5, 5.41) is 16.6. The standard InChI is InChI=1S/C4H9O6P.3Li/c5-3(4(6)7)1-2-11(8,9)10;;;/h3,5H,1-2H2,(H,6,7)(H2,8,9,10);;;. The number of hydrogen-bond donors (Lipinski definition) is 4. The van der Waals surface area contributed by atoms with Gasteiger partial charge in [0.05, 0.1) is 6.16 Å².